The van der Waals surface area contributed by atoms with Crippen LogP contribution in [0.5, 0.6) is 0 Å². The summed E-state index contributed by atoms with van der Waals surface area (Å²) in [6, 6.07) is 29.6. The number of esters is 1. The van der Waals surface area contributed by atoms with E-state index in [0.29, 0.717) is 39.0 Å². The number of thioether (sulfide) groups is 1. The molecule has 53 heavy (non-hydrogen) atoms. The lowest BCUT2D eigenvalue weighted by atomic mass is 9.83. The molecule has 0 fully saturated rings. The molecule has 3 amide bonds. The summed E-state index contributed by atoms with van der Waals surface area (Å²) in [5.41, 5.74) is 2.97. The van der Waals surface area contributed by atoms with E-state index in [2.05, 4.69) is 28.1 Å². The van der Waals surface area contributed by atoms with Gasteiger partial charge < -0.3 is 20.7 Å². The summed E-state index contributed by atoms with van der Waals surface area (Å²) < 4.78 is 19.9. The molecule has 8 nitrogen and oxygen atoms in total. The molecular weight excluding hydrogens is 733 g/mol. The molecule has 0 saturated heterocycles. The van der Waals surface area contributed by atoms with Crippen LogP contribution in [0.2, 0.25) is 5.02 Å². The zero-order valence-corrected chi connectivity index (χ0v) is 31.2. The monoisotopic (exact) mass is 767 g/mol. The van der Waals surface area contributed by atoms with E-state index in [9.17, 15) is 23.6 Å². The van der Waals surface area contributed by atoms with Crippen LogP contribution in [0.1, 0.15) is 61.5 Å². The third kappa shape index (κ3) is 9.05. The number of halogens is 2. The predicted molar refractivity (Wildman–Crippen MR) is 209 cm³/mol. The molecule has 1 heterocycles. The molecule has 0 bridgehead atoms. The minimum atomic E-state index is -0.715. The van der Waals surface area contributed by atoms with Crippen molar-refractivity contribution in [1.82, 2.24) is 5.32 Å². The molecule has 3 N–H and O–H groups in total. The molecule has 1 aliphatic rings. The first kappa shape index (κ1) is 37.5. The lowest BCUT2D eigenvalue weighted by Crippen LogP contribution is -2.30. The van der Waals surface area contributed by atoms with Gasteiger partial charge in [0.2, 0.25) is 5.91 Å². The second-order valence-electron chi connectivity index (χ2n) is 12.3. The van der Waals surface area contributed by atoms with Crippen LogP contribution in [-0.4, -0.2) is 36.1 Å². The zero-order valence-electron chi connectivity index (χ0n) is 28.8. The standard InChI is InChI=1S/C41H35ClFN3O5S2/c1-24(37(47)46-40-36(41(50)51-2)30-20-19-27(21-35(30)53-40)25-11-5-3-6-12-25)52-29-16-9-15-28(22-29)44-39(49)34(23-31-32(42)17-10-18-33(31)43)45-38(48)26-13-7-4-8-14-26/h3-18,22-24,27H,19-21H2,1-2H3,(H,44,49)(H,45,48)(H,46,47)/b34-23+. The molecule has 2 unspecified atom stereocenters. The first-order valence-electron chi connectivity index (χ1n) is 16.8. The molecule has 1 aliphatic carbocycles. The third-order valence-electron chi connectivity index (χ3n) is 8.75. The third-order valence-corrected chi connectivity index (χ3v) is 11.3. The highest BCUT2D eigenvalue weighted by atomic mass is 35.5. The summed E-state index contributed by atoms with van der Waals surface area (Å²) in [5, 5.41) is 8.27. The Labute approximate surface area is 319 Å². The van der Waals surface area contributed by atoms with E-state index in [1.165, 1.54) is 60.0 Å². The van der Waals surface area contributed by atoms with Crippen LogP contribution >= 0.6 is 34.7 Å². The smallest absolute Gasteiger partial charge is 0.341 e. The van der Waals surface area contributed by atoms with Crippen LogP contribution in [0.25, 0.3) is 6.08 Å². The number of ether oxygens (including phenoxy) is 1. The van der Waals surface area contributed by atoms with Gasteiger partial charge in [0, 0.05) is 26.6 Å². The van der Waals surface area contributed by atoms with E-state index in [1.807, 2.05) is 18.2 Å². The van der Waals surface area contributed by atoms with Crippen LogP contribution < -0.4 is 16.0 Å². The van der Waals surface area contributed by atoms with E-state index >= 15 is 0 Å². The average Bonchev–Trinajstić information content (AvgIpc) is 3.53. The number of thiophene rings is 1. The lowest BCUT2D eigenvalue weighted by Gasteiger charge is -2.22. The van der Waals surface area contributed by atoms with Gasteiger partial charge in [0.05, 0.1) is 22.9 Å². The molecule has 1 aromatic heterocycles. The van der Waals surface area contributed by atoms with Gasteiger partial charge in [-0.1, -0.05) is 72.3 Å². The summed E-state index contributed by atoms with van der Waals surface area (Å²) in [6.45, 7) is 1.75. The number of hydrogen-bond acceptors (Lipinski definition) is 7. The maximum absolute atomic E-state index is 14.7. The number of fused-ring (bicyclic) bond motifs is 1. The number of nitrogens with one attached hydrogen (secondary N) is 3. The normalized spacial score (nSPS) is 14.4. The topological polar surface area (TPSA) is 114 Å². The van der Waals surface area contributed by atoms with Crippen molar-refractivity contribution in [2.24, 2.45) is 0 Å². The molecular formula is C41H35ClFN3O5S2. The van der Waals surface area contributed by atoms with Crippen molar-refractivity contribution in [3.05, 3.63) is 152 Å². The van der Waals surface area contributed by atoms with Gasteiger partial charge in [-0.05, 0) is 91.8 Å². The molecule has 4 aromatic carbocycles. The maximum atomic E-state index is 14.7. The Morgan fingerprint density at radius 2 is 1.66 bits per heavy atom. The number of amides is 3. The molecule has 0 spiro atoms. The molecule has 0 saturated carbocycles. The van der Waals surface area contributed by atoms with Crippen LogP contribution in [0, 0.1) is 5.82 Å². The fourth-order valence-corrected chi connectivity index (χ4v) is 8.52. The summed E-state index contributed by atoms with van der Waals surface area (Å²) in [7, 11) is 1.34. The Morgan fingerprint density at radius 1 is 0.943 bits per heavy atom. The minimum absolute atomic E-state index is 0.0604. The van der Waals surface area contributed by atoms with Crippen molar-refractivity contribution in [2.45, 2.75) is 42.2 Å². The summed E-state index contributed by atoms with van der Waals surface area (Å²) >= 11 is 8.92. The second kappa shape index (κ2) is 17.1. The summed E-state index contributed by atoms with van der Waals surface area (Å²) in [5.74, 6) is -2.41. The van der Waals surface area contributed by atoms with Gasteiger partial charge >= 0.3 is 5.97 Å². The van der Waals surface area contributed by atoms with Crippen molar-refractivity contribution in [3.8, 4) is 0 Å². The van der Waals surface area contributed by atoms with Crippen molar-refractivity contribution < 1.29 is 28.3 Å². The van der Waals surface area contributed by atoms with Crippen LogP contribution in [0.4, 0.5) is 15.1 Å². The lowest BCUT2D eigenvalue weighted by molar-refractivity contribution is -0.115. The van der Waals surface area contributed by atoms with Gasteiger partial charge in [0.25, 0.3) is 11.8 Å². The van der Waals surface area contributed by atoms with Crippen molar-refractivity contribution >= 4 is 75.2 Å². The summed E-state index contributed by atoms with van der Waals surface area (Å²) in [4.78, 5) is 54.8. The van der Waals surface area contributed by atoms with E-state index in [4.69, 9.17) is 16.3 Å². The Hall–Kier alpha value is -5.23. The SMILES string of the molecule is COC(=O)c1c(NC(=O)C(C)Sc2cccc(NC(=O)/C(=C\c3c(F)cccc3Cl)NC(=O)c3ccccc3)c2)sc2c1CCC(c1ccccc1)C2. The fourth-order valence-electron chi connectivity index (χ4n) is 6.05. The maximum Gasteiger partial charge on any atom is 0.341 e. The largest absolute Gasteiger partial charge is 0.465 e. The molecule has 5 aromatic rings. The highest BCUT2D eigenvalue weighted by Crippen LogP contribution is 2.43. The quantitative estimate of drug-likeness (QED) is 0.0702. The number of methoxy groups -OCH3 is 1. The molecule has 2 atom stereocenters. The predicted octanol–water partition coefficient (Wildman–Crippen LogP) is 9.13. The molecule has 0 aliphatic heterocycles. The molecule has 270 valence electrons. The Morgan fingerprint density at radius 3 is 2.38 bits per heavy atom. The first-order chi connectivity index (χ1) is 25.6. The highest BCUT2D eigenvalue weighted by molar-refractivity contribution is 8.00. The van der Waals surface area contributed by atoms with Gasteiger partial charge in [0.15, 0.2) is 0 Å². The zero-order chi connectivity index (χ0) is 37.5. The highest BCUT2D eigenvalue weighted by Gasteiger charge is 2.31. The van der Waals surface area contributed by atoms with Gasteiger partial charge in [-0.25, -0.2) is 9.18 Å². The van der Waals surface area contributed by atoms with Gasteiger partial charge in [-0.15, -0.1) is 23.1 Å². The average molecular weight is 768 g/mol. The Kier molecular flexibility index (Phi) is 12.1. The molecule has 12 heteroatoms. The van der Waals surface area contributed by atoms with E-state index < -0.39 is 28.9 Å². The number of rotatable bonds is 11. The van der Waals surface area contributed by atoms with E-state index in [-0.39, 0.29) is 22.2 Å². The summed E-state index contributed by atoms with van der Waals surface area (Å²) in [6.07, 6.45) is 3.55. The number of hydrogen-bond donors (Lipinski definition) is 3. The first-order valence-corrected chi connectivity index (χ1v) is 18.9. The van der Waals surface area contributed by atoms with Gasteiger partial charge in [-0.2, -0.15) is 0 Å². The van der Waals surface area contributed by atoms with Gasteiger partial charge in [-0.3, -0.25) is 14.4 Å². The van der Waals surface area contributed by atoms with Crippen LogP contribution in [-0.2, 0) is 27.2 Å². The Bertz CT molecular complexity index is 2170. The number of anilines is 2. The Balaban J connectivity index is 1.16. The van der Waals surface area contributed by atoms with Crippen molar-refractivity contribution in [3.63, 3.8) is 0 Å². The van der Waals surface area contributed by atoms with Crippen molar-refractivity contribution in [1.29, 1.82) is 0 Å². The fraction of sp³-hybridized carbons (Fsp3) is 0.171. The van der Waals surface area contributed by atoms with E-state index in [1.54, 1.807) is 61.5 Å². The molecule has 6 rings (SSSR count). The van der Waals surface area contributed by atoms with Crippen molar-refractivity contribution in [2.75, 3.05) is 17.7 Å². The van der Waals surface area contributed by atoms with Crippen LogP contribution in [0.15, 0.2) is 114 Å². The minimum Gasteiger partial charge on any atom is -0.465 e. The molecule has 0 radical (unpaired) electrons. The number of benzene rings is 4. The van der Waals surface area contributed by atoms with Crippen LogP contribution in [0.3, 0.4) is 0 Å². The number of carbonyl (C=O) groups excluding carboxylic acids is 4. The van der Waals surface area contributed by atoms with Gasteiger partial charge in [0.1, 0.15) is 16.5 Å². The second-order valence-corrected chi connectivity index (χ2v) is 15.2. The van der Waals surface area contributed by atoms with E-state index in [0.717, 1.165) is 23.3 Å². The number of carbonyl (C=O) groups is 4.